The van der Waals surface area contributed by atoms with Crippen molar-refractivity contribution in [2.45, 2.75) is 0 Å². The highest BCUT2D eigenvalue weighted by atomic mass is 15.0. The zero-order valence-electron chi connectivity index (χ0n) is 18.7. The molecule has 35 heavy (non-hydrogen) atoms. The van der Waals surface area contributed by atoms with Crippen molar-refractivity contribution in [1.29, 1.82) is 10.5 Å². The molecular weight excluding hydrogens is 428 g/mol. The van der Waals surface area contributed by atoms with E-state index < -0.39 is 0 Å². The molecule has 4 heteroatoms. The summed E-state index contributed by atoms with van der Waals surface area (Å²) in [6.07, 6.45) is 1.66. The van der Waals surface area contributed by atoms with E-state index in [2.05, 4.69) is 82.4 Å². The van der Waals surface area contributed by atoms with Crippen LogP contribution in [0.4, 0.5) is 0 Å². The third kappa shape index (κ3) is 3.42. The topological polar surface area (TPSA) is 65.4 Å². The Morgan fingerprint density at radius 1 is 0.600 bits per heavy atom. The van der Waals surface area contributed by atoms with Gasteiger partial charge in [0.1, 0.15) is 11.8 Å². The quantitative estimate of drug-likeness (QED) is 0.287. The minimum atomic E-state index is 0.405. The highest BCUT2D eigenvalue weighted by Crippen LogP contribution is 2.36. The molecule has 0 radical (unpaired) electrons. The van der Waals surface area contributed by atoms with Gasteiger partial charge in [0.2, 0.25) is 0 Å². The normalized spacial score (nSPS) is 10.8. The maximum absolute atomic E-state index is 9.44. The number of nitriles is 2. The highest BCUT2D eigenvalue weighted by Gasteiger charge is 2.15. The van der Waals surface area contributed by atoms with E-state index in [9.17, 15) is 10.5 Å². The van der Waals surface area contributed by atoms with Gasteiger partial charge in [0.15, 0.2) is 0 Å². The molecule has 2 heterocycles. The molecule has 162 valence electrons. The molecule has 0 aliphatic heterocycles. The summed E-state index contributed by atoms with van der Waals surface area (Å²) in [6, 6.07) is 39.0. The molecule has 0 saturated carbocycles. The van der Waals surface area contributed by atoms with Crippen molar-refractivity contribution in [3.05, 3.63) is 121 Å². The molecule has 6 rings (SSSR count). The molecule has 0 N–H and O–H groups in total. The van der Waals surface area contributed by atoms with Crippen LogP contribution in [-0.4, -0.2) is 9.55 Å². The second-order valence-electron chi connectivity index (χ2n) is 8.33. The number of pyridine rings is 1. The standard InChI is InChI=1S/C31H18N4/c32-19-21-9-14-31-28(17-21)27-6-2-4-8-30(27)35(31)29-7-3-1-5-26(29)23-12-10-22(11-13-23)24-15-16-34-25(18-24)20-33/h1-18H. The average Bonchev–Trinajstić information content (AvgIpc) is 3.26. The van der Waals surface area contributed by atoms with Gasteiger partial charge in [-0.2, -0.15) is 10.5 Å². The monoisotopic (exact) mass is 446 g/mol. The Kier molecular flexibility index (Phi) is 4.84. The lowest BCUT2D eigenvalue weighted by Crippen LogP contribution is -1.97. The van der Waals surface area contributed by atoms with Crippen LogP contribution in [0.25, 0.3) is 49.7 Å². The molecule has 4 nitrogen and oxygen atoms in total. The highest BCUT2D eigenvalue weighted by molar-refractivity contribution is 6.10. The average molecular weight is 447 g/mol. The van der Waals surface area contributed by atoms with Crippen LogP contribution in [0.15, 0.2) is 109 Å². The van der Waals surface area contributed by atoms with Gasteiger partial charge in [0, 0.05) is 22.5 Å². The SMILES string of the molecule is N#Cc1ccc2c(c1)c1ccccc1n2-c1ccccc1-c1ccc(-c2ccnc(C#N)c2)cc1. The molecule has 0 fully saturated rings. The van der Waals surface area contributed by atoms with Crippen molar-refractivity contribution in [1.82, 2.24) is 9.55 Å². The molecule has 2 aromatic heterocycles. The van der Waals surface area contributed by atoms with Crippen molar-refractivity contribution in [3.63, 3.8) is 0 Å². The van der Waals surface area contributed by atoms with Gasteiger partial charge in [-0.1, -0.05) is 60.7 Å². The number of hydrogen-bond acceptors (Lipinski definition) is 3. The van der Waals surface area contributed by atoms with Crippen LogP contribution in [-0.2, 0) is 0 Å². The maximum Gasteiger partial charge on any atom is 0.141 e. The predicted octanol–water partition coefficient (Wildman–Crippen LogP) is 7.26. The lowest BCUT2D eigenvalue weighted by atomic mass is 9.99. The van der Waals surface area contributed by atoms with Crippen molar-refractivity contribution in [2.24, 2.45) is 0 Å². The van der Waals surface area contributed by atoms with Crippen molar-refractivity contribution < 1.29 is 0 Å². The van der Waals surface area contributed by atoms with E-state index in [1.54, 1.807) is 12.3 Å². The van der Waals surface area contributed by atoms with Crippen LogP contribution in [0.5, 0.6) is 0 Å². The smallest absolute Gasteiger partial charge is 0.141 e. The van der Waals surface area contributed by atoms with Crippen molar-refractivity contribution in [2.75, 3.05) is 0 Å². The second-order valence-corrected chi connectivity index (χ2v) is 8.33. The number of aromatic nitrogens is 2. The van der Waals surface area contributed by atoms with Crippen LogP contribution < -0.4 is 0 Å². The van der Waals surface area contributed by atoms with Crippen LogP contribution in [0.1, 0.15) is 11.3 Å². The number of fused-ring (bicyclic) bond motifs is 3. The first-order chi connectivity index (χ1) is 17.3. The van der Waals surface area contributed by atoms with Crippen molar-refractivity contribution >= 4 is 21.8 Å². The number of nitrogens with zero attached hydrogens (tertiary/aromatic N) is 4. The summed E-state index contributed by atoms with van der Waals surface area (Å²) in [5.41, 5.74) is 8.50. The summed E-state index contributed by atoms with van der Waals surface area (Å²) < 4.78 is 2.27. The number of para-hydroxylation sites is 2. The molecule has 0 aliphatic carbocycles. The summed E-state index contributed by atoms with van der Waals surface area (Å²) in [5, 5.41) is 20.8. The third-order valence-corrected chi connectivity index (χ3v) is 6.35. The van der Waals surface area contributed by atoms with Gasteiger partial charge >= 0.3 is 0 Å². The van der Waals surface area contributed by atoms with E-state index in [-0.39, 0.29) is 0 Å². The molecule has 0 spiro atoms. The Bertz CT molecular complexity index is 1810. The Hall–Kier alpha value is -5.19. The number of rotatable bonds is 3. The fourth-order valence-electron chi connectivity index (χ4n) is 4.73. The van der Waals surface area contributed by atoms with Gasteiger partial charge in [-0.3, -0.25) is 0 Å². The number of hydrogen-bond donors (Lipinski definition) is 0. The lowest BCUT2D eigenvalue weighted by Gasteiger charge is -2.14. The van der Waals surface area contributed by atoms with E-state index >= 15 is 0 Å². The van der Waals surface area contributed by atoms with Crippen LogP contribution in [0, 0.1) is 22.7 Å². The third-order valence-electron chi connectivity index (χ3n) is 6.35. The Labute approximate surface area is 202 Å². The minimum absolute atomic E-state index is 0.405. The Balaban J connectivity index is 1.53. The zero-order valence-corrected chi connectivity index (χ0v) is 18.7. The van der Waals surface area contributed by atoms with E-state index in [4.69, 9.17) is 0 Å². The van der Waals surface area contributed by atoms with Crippen LogP contribution in [0.3, 0.4) is 0 Å². The lowest BCUT2D eigenvalue weighted by molar-refractivity contribution is 1.18. The Morgan fingerprint density at radius 3 is 2.17 bits per heavy atom. The predicted molar refractivity (Wildman–Crippen MR) is 139 cm³/mol. The molecule has 0 aliphatic rings. The van der Waals surface area contributed by atoms with Crippen molar-refractivity contribution in [3.8, 4) is 40.1 Å². The van der Waals surface area contributed by atoms with Gasteiger partial charge in [-0.05, 0) is 59.2 Å². The van der Waals surface area contributed by atoms with E-state index in [0.717, 1.165) is 49.7 Å². The van der Waals surface area contributed by atoms with Gasteiger partial charge in [0.25, 0.3) is 0 Å². The van der Waals surface area contributed by atoms with Crippen LogP contribution in [0.2, 0.25) is 0 Å². The molecule has 0 bridgehead atoms. The summed E-state index contributed by atoms with van der Waals surface area (Å²) in [6.45, 7) is 0. The van der Waals surface area contributed by atoms with Gasteiger partial charge in [0.05, 0.1) is 28.4 Å². The summed E-state index contributed by atoms with van der Waals surface area (Å²) in [5.74, 6) is 0. The minimum Gasteiger partial charge on any atom is -0.309 e. The van der Waals surface area contributed by atoms with Gasteiger partial charge < -0.3 is 4.57 Å². The second kappa shape index (κ2) is 8.30. The summed E-state index contributed by atoms with van der Waals surface area (Å²) >= 11 is 0. The number of benzene rings is 4. The van der Waals surface area contributed by atoms with Gasteiger partial charge in [-0.25, -0.2) is 4.98 Å². The fourth-order valence-corrected chi connectivity index (χ4v) is 4.73. The van der Waals surface area contributed by atoms with Gasteiger partial charge in [-0.15, -0.1) is 0 Å². The molecule has 6 aromatic rings. The molecule has 0 atom stereocenters. The molecule has 0 saturated heterocycles. The summed E-state index contributed by atoms with van der Waals surface area (Å²) in [4.78, 5) is 4.07. The van der Waals surface area contributed by atoms with E-state index in [1.165, 1.54) is 0 Å². The van der Waals surface area contributed by atoms with E-state index in [1.807, 2.05) is 36.4 Å². The van der Waals surface area contributed by atoms with E-state index in [0.29, 0.717) is 11.3 Å². The first kappa shape index (κ1) is 20.4. The molecular formula is C31H18N4. The zero-order chi connectivity index (χ0) is 23.8. The first-order valence-corrected chi connectivity index (χ1v) is 11.3. The fraction of sp³-hybridized carbons (Fsp3) is 0. The maximum atomic E-state index is 9.44. The largest absolute Gasteiger partial charge is 0.309 e. The Morgan fingerprint density at radius 2 is 1.34 bits per heavy atom. The van der Waals surface area contributed by atoms with Crippen LogP contribution >= 0.6 is 0 Å². The molecule has 0 unspecified atom stereocenters. The molecule has 4 aromatic carbocycles. The molecule has 0 amide bonds. The first-order valence-electron chi connectivity index (χ1n) is 11.3. The summed E-state index contributed by atoms with van der Waals surface area (Å²) in [7, 11) is 0.